The third kappa shape index (κ3) is 3.91. The lowest BCUT2D eigenvalue weighted by Crippen LogP contribution is -1.98. The van der Waals surface area contributed by atoms with Crippen molar-refractivity contribution in [2.45, 2.75) is 26.4 Å². The van der Waals surface area contributed by atoms with Crippen molar-refractivity contribution in [3.8, 4) is 17.2 Å². The molecule has 0 bridgehead atoms. The van der Waals surface area contributed by atoms with Gasteiger partial charge in [0, 0.05) is 0 Å². The van der Waals surface area contributed by atoms with Gasteiger partial charge in [0.2, 0.25) is 0 Å². The topological polar surface area (TPSA) is 27.7 Å². The smallest absolute Gasteiger partial charge is 0.161 e. The molecule has 0 spiro atoms. The molecule has 0 amide bonds. The Morgan fingerprint density at radius 1 is 0.857 bits per heavy atom. The maximum absolute atomic E-state index is 5.80. The largest absolute Gasteiger partial charge is 0.493 e. The zero-order valence-corrected chi connectivity index (χ0v) is 13.1. The van der Waals surface area contributed by atoms with Crippen LogP contribution in [0.4, 0.5) is 0 Å². The molecular weight excluding hydrogens is 264 g/mol. The van der Waals surface area contributed by atoms with Crippen LogP contribution in [0.5, 0.6) is 17.2 Å². The molecule has 0 heterocycles. The van der Waals surface area contributed by atoms with E-state index >= 15 is 0 Å². The maximum Gasteiger partial charge on any atom is 0.161 e. The van der Waals surface area contributed by atoms with Crippen molar-refractivity contribution < 1.29 is 14.2 Å². The molecule has 2 aromatic carbocycles. The molecule has 0 saturated carbocycles. The average Bonchev–Trinajstić information content (AvgIpc) is 2.52. The monoisotopic (exact) mass is 286 g/mol. The molecule has 2 rings (SSSR count). The van der Waals surface area contributed by atoms with E-state index in [9.17, 15) is 0 Å². The normalized spacial score (nSPS) is 10.5. The minimum Gasteiger partial charge on any atom is -0.493 e. The molecule has 0 unspecified atom stereocenters. The SMILES string of the molecule is COc1ccc(COc2ccc(C(C)C)cc2)cc1OC. The van der Waals surface area contributed by atoms with Crippen LogP contribution >= 0.6 is 0 Å². The molecule has 112 valence electrons. The number of hydrogen-bond acceptors (Lipinski definition) is 3. The van der Waals surface area contributed by atoms with Gasteiger partial charge in [-0.15, -0.1) is 0 Å². The third-order valence-corrected chi connectivity index (χ3v) is 3.40. The Labute approximate surface area is 126 Å². The Morgan fingerprint density at radius 3 is 2.10 bits per heavy atom. The van der Waals surface area contributed by atoms with Crippen LogP contribution < -0.4 is 14.2 Å². The minimum atomic E-state index is 0.501. The lowest BCUT2D eigenvalue weighted by atomic mass is 10.0. The fourth-order valence-corrected chi connectivity index (χ4v) is 2.09. The van der Waals surface area contributed by atoms with E-state index in [1.165, 1.54) is 5.56 Å². The number of hydrogen-bond donors (Lipinski definition) is 0. The van der Waals surface area contributed by atoms with Crippen LogP contribution in [0.25, 0.3) is 0 Å². The molecule has 0 fully saturated rings. The summed E-state index contributed by atoms with van der Waals surface area (Å²) in [6.07, 6.45) is 0. The quantitative estimate of drug-likeness (QED) is 0.787. The van der Waals surface area contributed by atoms with E-state index in [1.54, 1.807) is 14.2 Å². The van der Waals surface area contributed by atoms with Gasteiger partial charge in [0.05, 0.1) is 14.2 Å². The van der Waals surface area contributed by atoms with E-state index in [1.807, 2.05) is 30.3 Å². The van der Waals surface area contributed by atoms with Gasteiger partial charge in [0.15, 0.2) is 11.5 Å². The van der Waals surface area contributed by atoms with Crippen LogP contribution in [0, 0.1) is 0 Å². The standard InChI is InChI=1S/C18H22O3/c1-13(2)15-6-8-16(9-7-15)21-12-14-5-10-17(19-3)18(11-14)20-4/h5-11,13H,12H2,1-4H3. The molecule has 3 nitrogen and oxygen atoms in total. The van der Waals surface area contributed by atoms with Gasteiger partial charge in [0.25, 0.3) is 0 Å². The Kier molecular flexibility index (Phi) is 5.09. The van der Waals surface area contributed by atoms with Crippen molar-refractivity contribution in [3.63, 3.8) is 0 Å². The van der Waals surface area contributed by atoms with Gasteiger partial charge < -0.3 is 14.2 Å². The molecular formula is C18H22O3. The van der Waals surface area contributed by atoms with Crippen LogP contribution in [0.2, 0.25) is 0 Å². The molecule has 0 aromatic heterocycles. The van der Waals surface area contributed by atoms with Gasteiger partial charge in [-0.1, -0.05) is 32.0 Å². The minimum absolute atomic E-state index is 0.501. The van der Waals surface area contributed by atoms with Crippen LogP contribution in [-0.4, -0.2) is 14.2 Å². The summed E-state index contributed by atoms with van der Waals surface area (Å²) in [6, 6.07) is 14.0. The van der Waals surface area contributed by atoms with E-state index in [4.69, 9.17) is 14.2 Å². The second-order valence-corrected chi connectivity index (χ2v) is 5.20. The van der Waals surface area contributed by atoms with Crippen LogP contribution in [-0.2, 0) is 6.61 Å². The van der Waals surface area contributed by atoms with E-state index < -0.39 is 0 Å². The Balaban J connectivity index is 2.02. The first-order chi connectivity index (χ1) is 10.1. The number of rotatable bonds is 6. The molecule has 0 saturated heterocycles. The summed E-state index contributed by atoms with van der Waals surface area (Å²) in [6.45, 7) is 4.86. The summed E-state index contributed by atoms with van der Waals surface area (Å²) >= 11 is 0. The second-order valence-electron chi connectivity index (χ2n) is 5.20. The highest BCUT2D eigenvalue weighted by molar-refractivity contribution is 5.42. The first-order valence-electron chi connectivity index (χ1n) is 7.07. The molecule has 3 heteroatoms. The summed E-state index contributed by atoms with van der Waals surface area (Å²) < 4.78 is 16.3. The van der Waals surface area contributed by atoms with E-state index in [-0.39, 0.29) is 0 Å². The first kappa shape index (κ1) is 15.2. The fourth-order valence-electron chi connectivity index (χ4n) is 2.09. The van der Waals surface area contributed by atoms with Crippen LogP contribution in [0.15, 0.2) is 42.5 Å². The Bertz CT molecular complexity index is 574. The van der Waals surface area contributed by atoms with Crippen LogP contribution in [0.1, 0.15) is 30.9 Å². The lowest BCUT2D eigenvalue weighted by Gasteiger charge is -2.11. The Morgan fingerprint density at radius 2 is 1.52 bits per heavy atom. The summed E-state index contributed by atoms with van der Waals surface area (Å²) in [5.74, 6) is 2.84. The molecule has 0 radical (unpaired) electrons. The van der Waals surface area contributed by atoms with Crippen molar-refractivity contribution in [2.24, 2.45) is 0 Å². The third-order valence-electron chi connectivity index (χ3n) is 3.40. The predicted molar refractivity (Wildman–Crippen MR) is 84.4 cm³/mol. The van der Waals surface area contributed by atoms with Crippen molar-refractivity contribution >= 4 is 0 Å². The highest BCUT2D eigenvalue weighted by Gasteiger charge is 2.05. The van der Waals surface area contributed by atoms with Crippen molar-refractivity contribution in [1.29, 1.82) is 0 Å². The van der Waals surface area contributed by atoms with E-state index in [2.05, 4.69) is 26.0 Å². The van der Waals surface area contributed by atoms with Gasteiger partial charge in [-0.2, -0.15) is 0 Å². The van der Waals surface area contributed by atoms with Crippen LogP contribution in [0.3, 0.4) is 0 Å². The van der Waals surface area contributed by atoms with E-state index in [0.29, 0.717) is 18.3 Å². The highest BCUT2D eigenvalue weighted by Crippen LogP contribution is 2.28. The summed E-state index contributed by atoms with van der Waals surface area (Å²) in [5.41, 5.74) is 2.36. The van der Waals surface area contributed by atoms with E-state index in [0.717, 1.165) is 17.1 Å². The maximum atomic E-state index is 5.80. The van der Waals surface area contributed by atoms with Crippen molar-refractivity contribution in [2.75, 3.05) is 14.2 Å². The number of ether oxygens (including phenoxy) is 3. The average molecular weight is 286 g/mol. The summed E-state index contributed by atoms with van der Waals surface area (Å²) in [4.78, 5) is 0. The number of benzene rings is 2. The van der Waals surface area contributed by atoms with Crippen molar-refractivity contribution in [1.82, 2.24) is 0 Å². The predicted octanol–water partition coefficient (Wildman–Crippen LogP) is 4.41. The lowest BCUT2D eigenvalue weighted by molar-refractivity contribution is 0.303. The van der Waals surface area contributed by atoms with Gasteiger partial charge in [-0.3, -0.25) is 0 Å². The highest BCUT2D eigenvalue weighted by atomic mass is 16.5. The van der Waals surface area contributed by atoms with Gasteiger partial charge in [-0.25, -0.2) is 0 Å². The number of methoxy groups -OCH3 is 2. The molecule has 0 aliphatic rings. The fraction of sp³-hybridized carbons (Fsp3) is 0.333. The van der Waals surface area contributed by atoms with Gasteiger partial charge in [0.1, 0.15) is 12.4 Å². The molecule has 0 atom stereocenters. The molecule has 21 heavy (non-hydrogen) atoms. The van der Waals surface area contributed by atoms with Gasteiger partial charge >= 0.3 is 0 Å². The molecule has 0 N–H and O–H groups in total. The molecule has 2 aromatic rings. The van der Waals surface area contributed by atoms with Crippen molar-refractivity contribution in [3.05, 3.63) is 53.6 Å². The zero-order valence-electron chi connectivity index (χ0n) is 13.1. The summed E-state index contributed by atoms with van der Waals surface area (Å²) in [7, 11) is 3.26. The molecule has 0 aliphatic carbocycles. The Hall–Kier alpha value is -2.16. The molecule has 0 aliphatic heterocycles. The van der Waals surface area contributed by atoms with Gasteiger partial charge in [-0.05, 0) is 41.3 Å². The zero-order chi connectivity index (χ0) is 15.2. The second kappa shape index (κ2) is 7.02. The first-order valence-corrected chi connectivity index (χ1v) is 7.07. The summed E-state index contributed by atoms with van der Waals surface area (Å²) in [5, 5.41) is 0.